The van der Waals surface area contributed by atoms with Gasteiger partial charge in [-0.15, -0.1) is 0 Å². The van der Waals surface area contributed by atoms with E-state index in [0.717, 1.165) is 11.4 Å². The van der Waals surface area contributed by atoms with E-state index in [1.807, 2.05) is 19.1 Å². The Morgan fingerprint density at radius 3 is 2.67 bits per heavy atom. The highest BCUT2D eigenvalue weighted by molar-refractivity contribution is 6.04. The Balaban J connectivity index is 2.03. The van der Waals surface area contributed by atoms with Gasteiger partial charge in [0.15, 0.2) is 0 Å². The first-order chi connectivity index (χ1) is 8.79. The molecule has 0 unspecified atom stereocenters. The van der Waals surface area contributed by atoms with Gasteiger partial charge in [0.2, 0.25) is 0 Å². The van der Waals surface area contributed by atoms with Crippen LogP contribution in [0.2, 0.25) is 0 Å². The fourth-order valence-electron chi connectivity index (χ4n) is 1.50. The highest BCUT2D eigenvalue weighted by Crippen LogP contribution is 2.16. The lowest BCUT2D eigenvalue weighted by Gasteiger charge is -2.06. The lowest BCUT2D eigenvalue weighted by atomic mass is 10.2. The largest absolute Gasteiger partial charge is 0.494 e. The predicted molar refractivity (Wildman–Crippen MR) is 69.8 cm³/mol. The zero-order chi connectivity index (χ0) is 12.8. The predicted octanol–water partition coefficient (Wildman–Crippen LogP) is 2.73. The molecule has 2 aromatic rings. The second-order valence-electron chi connectivity index (χ2n) is 3.65. The van der Waals surface area contributed by atoms with Gasteiger partial charge < -0.3 is 10.1 Å². The highest BCUT2D eigenvalue weighted by atomic mass is 16.5. The minimum Gasteiger partial charge on any atom is -0.494 e. The number of nitrogens with zero attached hydrogens (tertiary/aromatic N) is 1. The van der Waals surface area contributed by atoms with Gasteiger partial charge in [-0.1, -0.05) is 0 Å². The van der Waals surface area contributed by atoms with Crippen LogP contribution in [-0.4, -0.2) is 17.5 Å². The molecular weight excluding hydrogens is 228 g/mol. The molecule has 1 N–H and O–H groups in total. The fraction of sp³-hybridized carbons (Fsp3) is 0.143. The van der Waals surface area contributed by atoms with Crippen molar-refractivity contribution in [3.8, 4) is 5.75 Å². The second kappa shape index (κ2) is 5.82. The van der Waals surface area contributed by atoms with Gasteiger partial charge in [0.1, 0.15) is 5.75 Å². The van der Waals surface area contributed by atoms with E-state index in [4.69, 9.17) is 4.74 Å². The minimum absolute atomic E-state index is 0.174. The molecule has 18 heavy (non-hydrogen) atoms. The van der Waals surface area contributed by atoms with Crippen LogP contribution in [0.1, 0.15) is 17.3 Å². The number of carbonyl (C=O) groups excluding carboxylic acids is 1. The zero-order valence-corrected chi connectivity index (χ0v) is 10.1. The van der Waals surface area contributed by atoms with E-state index < -0.39 is 0 Å². The molecule has 92 valence electrons. The third kappa shape index (κ3) is 3.07. The van der Waals surface area contributed by atoms with E-state index >= 15 is 0 Å². The molecule has 4 heteroatoms. The third-order valence-corrected chi connectivity index (χ3v) is 2.35. The number of amides is 1. The first-order valence-electron chi connectivity index (χ1n) is 5.74. The molecule has 0 saturated carbocycles. The summed E-state index contributed by atoms with van der Waals surface area (Å²) in [5.74, 6) is 0.615. The lowest BCUT2D eigenvalue weighted by Crippen LogP contribution is -2.11. The quantitative estimate of drug-likeness (QED) is 0.896. The molecule has 2 rings (SSSR count). The normalized spacial score (nSPS) is 9.83. The number of ether oxygens (including phenoxy) is 1. The standard InChI is InChI=1S/C14H14N2O2/c1-2-18-13-7-5-12(6-8-13)16-14(17)11-4-3-9-15-10-11/h3-10H,2H2,1H3,(H,16,17). The maximum Gasteiger partial charge on any atom is 0.257 e. The van der Waals surface area contributed by atoms with Gasteiger partial charge in [0.05, 0.1) is 12.2 Å². The van der Waals surface area contributed by atoms with Crippen molar-refractivity contribution in [3.63, 3.8) is 0 Å². The Morgan fingerprint density at radius 2 is 2.06 bits per heavy atom. The highest BCUT2D eigenvalue weighted by Gasteiger charge is 2.05. The first-order valence-corrected chi connectivity index (χ1v) is 5.74. The van der Waals surface area contributed by atoms with Gasteiger partial charge in [0.25, 0.3) is 5.91 Å². The summed E-state index contributed by atoms with van der Waals surface area (Å²) in [7, 11) is 0. The van der Waals surface area contributed by atoms with E-state index in [0.29, 0.717) is 12.2 Å². The third-order valence-electron chi connectivity index (χ3n) is 2.35. The van der Waals surface area contributed by atoms with E-state index in [2.05, 4.69) is 10.3 Å². The van der Waals surface area contributed by atoms with Crippen molar-refractivity contribution in [2.75, 3.05) is 11.9 Å². The van der Waals surface area contributed by atoms with Gasteiger partial charge in [0, 0.05) is 18.1 Å². The Hall–Kier alpha value is -2.36. The first kappa shape index (κ1) is 12.1. The van der Waals surface area contributed by atoms with Gasteiger partial charge in [-0.2, -0.15) is 0 Å². The number of aromatic nitrogens is 1. The zero-order valence-electron chi connectivity index (χ0n) is 10.1. The summed E-state index contributed by atoms with van der Waals surface area (Å²) >= 11 is 0. The smallest absolute Gasteiger partial charge is 0.257 e. The summed E-state index contributed by atoms with van der Waals surface area (Å²) in [5, 5.41) is 2.79. The Kier molecular flexibility index (Phi) is 3.91. The maximum absolute atomic E-state index is 11.8. The van der Waals surface area contributed by atoms with Gasteiger partial charge in [-0.3, -0.25) is 9.78 Å². The molecule has 0 atom stereocenters. The van der Waals surface area contributed by atoms with Crippen LogP contribution in [0.15, 0.2) is 48.8 Å². The van der Waals surface area contributed by atoms with Crippen molar-refractivity contribution in [2.45, 2.75) is 6.92 Å². The molecule has 1 heterocycles. The topological polar surface area (TPSA) is 51.2 Å². The summed E-state index contributed by atoms with van der Waals surface area (Å²) in [6, 6.07) is 10.7. The van der Waals surface area contributed by atoms with Crippen LogP contribution in [0.4, 0.5) is 5.69 Å². The van der Waals surface area contributed by atoms with E-state index in [1.54, 1.807) is 30.5 Å². The van der Waals surface area contributed by atoms with Gasteiger partial charge >= 0.3 is 0 Å². The van der Waals surface area contributed by atoms with Crippen molar-refractivity contribution in [3.05, 3.63) is 54.4 Å². The molecule has 0 spiro atoms. The summed E-state index contributed by atoms with van der Waals surface area (Å²) in [6.07, 6.45) is 3.16. The molecule has 0 aliphatic rings. The summed E-state index contributed by atoms with van der Waals surface area (Å²) in [4.78, 5) is 15.7. The molecule has 4 nitrogen and oxygen atoms in total. The average Bonchev–Trinajstić information content (AvgIpc) is 2.42. The number of carbonyl (C=O) groups is 1. The summed E-state index contributed by atoms with van der Waals surface area (Å²) < 4.78 is 5.33. The van der Waals surface area contributed by atoms with Crippen LogP contribution in [0.5, 0.6) is 5.75 Å². The number of pyridine rings is 1. The Labute approximate surface area is 106 Å². The van der Waals surface area contributed by atoms with Crippen molar-refractivity contribution in [1.82, 2.24) is 4.98 Å². The van der Waals surface area contributed by atoms with Gasteiger partial charge in [-0.25, -0.2) is 0 Å². The molecule has 0 aliphatic heterocycles. The monoisotopic (exact) mass is 242 g/mol. The molecule has 0 saturated heterocycles. The molecule has 0 radical (unpaired) electrons. The lowest BCUT2D eigenvalue weighted by molar-refractivity contribution is 0.102. The fourth-order valence-corrected chi connectivity index (χ4v) is 1.50. The van der Waals surface area contributed by atoms with Gasteiger partial charge in [-0.05, 0) is 43.3 Å². The van der Waals surface area contributed by atoms with Crippen molar-refractivity contribution >= 4 is 11.6 Å². The van der Waals surface area contributed by atoms with Crippen molar-refractivity contribution in [2.24, 2.45) is 0 Å². The molecule has 0 aliphatic carbocycles. The Morgan fingerprint density at radius 1 is 1.28 bits per heavy atom. The SMILES string of the molecule is CCOc1ccc(NC(=O)c2cccnc2)cc1. The number of benzene rings is 1. The molecule has 1 aromatic heterocycles. The second-order valence-corrected chi connectivity index (χ2v) is 3.65. The Bertz CT molecular complexity index is 509. The maximum atomic E-state index is 11.8. The van der Waals surface area contributed by atoms with E-state index in [-0.39, 0.29) is 5.91 Å². The number of rotatable bonds is 4. The van der Waals surface area contributed by atoms with Crippen LogP contribution in [-0.2, 0) is 0 Å². The molecular formula is C14H14N2O2. The number of hydrogen-bond donors (Lipinski definition) is 1. The molecule has 1 aromatic carbocycles. The number of hydrogen-bond acceptors (Lipinski definition) is 3. The molecule has 0 bridgehead atoms. The van der Waals surface area contributed by atoms with Crippen molar-refractivity contribution in [1.29, 1.82) is 0 Å². The average molecular weight is 242 g/mol. The van der Waals surface area contributed by atoms with Crippen LogP contribution < -0.4 is 10.1 Å². The molecule has 0 fully saturated rings. The van der Waals surface area contributed by atoms with Crippen LogP contribution in [0.3, 0.4) is 0 Å². The van der Waals surface area contributed by atoms with Crippen LogP contribution in [0, 0.1) is 0 Å². The van der Waals surface area contributed by atoms with Crippen LogP contribution >= 0.6 is 0 Å². The summed E-state index contributed by atoms with van der Waals surface area (Å²) in [5.41, 5.74) is 1.26. The molecule has 1 amide bonds. The van der Waals surface area contributed by atoms with Crippen LogP contribution in [0.25, 0.3) is 0 Å². The summed E-state index contributed by atoms with van der Waals surface area (Å²) in [6.45, 7) is 2.56. The minimum atomic E-state index is -0.174. The van der Waals surface area contributed by atoms with Crippen molar-refractivity contribution < 1.29 is 9.53 Å². The number of anilines is 1. The van der Waals surface area contributed by atoms with E-state index in [9.17, 15) is 4.79 Å². The number of nitrogens with one attached hydrogen (secondary N) is 1. The van der Waals surface area contributed by atoms with E-state index in [1.165, 1.54) is 6.20 Å².